The van der Waals surface area contributed by atoms with Gasteiger partial charge in [0.25, 0.3) is 5.91 Å². The summed E-state index contributed by atoms with van der Waals surface area (Å²) in [5, 5.41) is 12.8. The zero-order valence-corrected chi connectivity index (χ0v) is 18.7. The van der Waals surface area contributed by atoms with Gasteiger partial charge in [0.05, 0.1) is 5.69 Å². The first kappa shape index (κ1) is 26.0. The van der Waals surface area contributed by atoms with Gasteiger partial charge in [-0.15, -0.1) is 0 Å². The van der Waals surface area contributed by atoms with Crippen molar-refractivity contribution in [2.24, 2.45) is 0 Å². The Morgan fingerprint density at radius 2 is 1.64 bits per heavy atom. The number of nitrogens with zero attached hydrogens (tertiary/aromatic N) is 1. The second kappa shape index (κ2) is 11.2. The smallest absolute Gasteiger partial charge is 0.485 e. The van der Waals surface area contributed by atoms with Crippen molar-refractivity contribution in [3.8, 4) is 22.6 Å². The van der Waals surface area contributed by atoms with Crippen LogP contribution in [0.5, 0.6) is 11.5 Å². The van der Waals surface area contributed by atoms with E-state index in [9.17, 15) is 22.8 Å². The maximum absolute atomic E-state index is 12.8. The van der Waals surface area contributed by atoms with Gasteiger partial charge in [0, 0.05) is 30.6 Å². The summed E-state index contributed by atoms with van der Waals surface area (Å²) in [4.78, 5) is 37.0. The van der Waals surface area contributed by atoms with Crippen molar-refractivity contribution < 1.29 is 42.1 Å². The predicted molar refractivity (Wildman–Crippen MR) is 123 cm³/mol. The lowest BCUT2D eigenvalue weighted by atomic mass is 10.1. The van der Waals surface area contributed by atoms with E-state index in [2.05, 4.69) is 15.6 Å². The number of aromatic nitrogens is 1. The second-order valence-electron chi connectivity index (χ2n) is 7.34. The summed E-state index contributed by atoms with van der Waals surface area (Å²) in [5.41, 5.74) is 2.92. The fourth-order valence-corrected chi connectivity index (χ4v) is 3.03. The van der Waals surface area contributed by atoms with E-state index < -0.39 is 18.2 Å². The summed E-state index contributed by atoms with van der Waals surface area (Å²) in [5.74, 6) is -2.03. The number of carboxylic acids is 1. The number of aliphatic carboxylic acids is 1. The van der Waals surface area contributed by atoms with Crippen molar-refractivity contribution in [3.63, 3.8) is 0 Å². The van der Waals surface area contributed by atoms with E-state index in [1.54, 1.807) is 42.7 Å². The number of nitrogens with one attached hydrogen (secondary N) is 2. The van der Waals surface area contributed by atoms with Crippen molar-refractivity contribution in [2.75, 3.05) is 17.2 Å². The van der Waals surface area contributed by atoms with Crippen molar-refractivity contribution in [3.05, 3.63) is 67.0 Å². The van der Waals surface area contributed by atoms with Gasteiger partial charge in [0.1, 0.15) is 6.61 Å². The number of fused-ring (bicyclic) bond motifs is 1. The molecule has 4 rings (SSSR count). The van der Waals surface area contributed by atoms with E-state index in [-0.39, 0.29) is 18.4 Å². The summed E-state index contributed by atoms with van der Waals surface area (Å²) in [6.45, 7) is 1.59. The molecule has 0 bridgehead atoms. The average Bonchev–Trinajstić information content (AvgIpc) is 2.84. The lowest BCUT2D eigenvalue weighted by Gasteiger charge is -2.25. The van der Waals surface area contributed by atoms with Gasteiger partial charge in [0.15, 0.2) is 11.5 Å². The highest BCUT2D eigenvalue weighted by molar-refractivity contribution is 5.98. The predicted octanol–water partition coefficient (Wildman–Crippen LogP) is 4.12. The number of alkyl halides is 3. The van der Waals surface area contributed by atoms with Crippen LogP contribution in [-0.2, 0) is 14.4 Å². The summed E-state index contributed by atoms with van der Waals surface area (Å²) in [7, 11) is 0. The minimum Gasteiger partial charge on any atom is -0.485 e. The minimum atomic E-state index is -5.08. The molecule has 1 aromatic heterocycles. The third-order valence-electron chi connectivity index (χ3n) is 4.64. The maximum Gasteiger partial charge on any atom is 0.490 e. The molecule has 3 N–H and O–H groups in total. The van der Waals surface area contributed by atoms with Gasteiger partial charge in [-0.1, -0.05) is 24.3 Å². The number of halogens is 3. The van der Waals surface area contributed by atoms with Crippen LogP contribution in [0.25, 0.3) is 11.1 Å². The molecule has 12 heteroatoms. The number of carbonyl (C=O) groups is 3. The van der Waals surface area contributed by atoms with Crippen LogP contribution in [-0.4, -0.2) is 46.8 Å². The Morgan fingerprint density at radius 3 is 2.25 bits per heavy atom. The molecule has 9 nitrogen and oxygen atoms in total. The van der Waals surface area contributed by atoms with Crippen LogP contribution in [0, 0.1) is 0 Å². The molecule has 1 unspecified atom stereocenters. The van der Waals surface area contributed by atoms with Gasteiger partial charge in [0.2, 0.25) is 12.0 Å². The molecule has 0 aliphatic carbocycles. The Balaban J connectivity index is 0.000000454. The topological polar surface area (TPSA) is 127 Å². The quantitative estimate of drug-likeness (QED) is 0.489. The molecule has 36 heavy (non-hydrogen) atoms. The molecule has 0 saturated carbocycles. The highest BCUT2D eigenvalue weighted by atomic mass is 19.4. The second-order valence-corrected chi connectivity index (χ2v) is 7.34. The van der Waals surface area contributed by atoms with Crippen LogP contribution in [0.4, 0.5) is 24.5 Å². The zero-order valence-electron chi connectivity index (χ0n) is 18.7. The van der Waals surface area contributed by atoms with E-state index >= 15 is 0 Å². The Kier molecular flexibility index (Phi) is 8.10. The number of rotatable bonds is 4. The van der Waals surface area contributed by atoms with Crippen molar-refractivity contribution >= 4 is 29.2 Å². The zero-order chi connectivity index (χ0) is 26.3. The van der Waals surface area contributed by atoms with E-state index in [1.165, 1.54) is 6.92 Å². The number of carboxylic acid groups (broad SMARTS) is 1. The SMILES string of the molecule is CC(=O)Nc1ccc(-c2cnccc2NC(=O)C2COc3ccccc3O2)cc1.O=C(O)C(F)(F)F. The lowest BCUT2D eigenvalue weighted by molar-refractivity contribution is -0.192. The van der Waals surface area contributed by atoms with Gasteiger partial charge >= 0.3 is 12.1 Å². The molecule has 0 saturated heterocycles. The molecule has 2 heterocycles. The number of anilines is 2. The van der Waals surface area contributed by atoms with Crippen LogP contribution in [0.3, 0.4) is 0 Å². The summed E-state index contributed by atoms with van der Waals surface area (Å²) in [6, 6.07) is 16.3. The van der Waals surface area contributed by atoms with E-state index in [4.69, 9.17) is 19.4 Å². The first-order valence-electron chi connectivity index (χ1n) is 10.4. The van der Waals surface area contributed by atoms with E-state index in [0.717, 1.165) is 11.1 Å². The van der Waals surface area contributed by atoms with Crippen molar-refractivity contribution in [2.45, 2.75) is 19.2 Å². The van der Waals surface area contributed by atoms with E-state index in [1.807, 2.05) is 24.3 Å². The van der Waals surface area contributed by atoms with Crippen LogP contribution >= 0.6 is 0 Å². The molecule has 2 aromatic carbocycles. The Hall–Kier alpha value is -4.61. The number of carbonyl (C=O) groups excluding carboxylic acids is 2. The van der Waals surface area contributed by atoms with E-state index in [0.29, 0.717) is 22.9 Å². The summed E-state index contributed by atoms with van der Waals surface area (Å²) < 4.78 is 43.1. The third kappa shape index (κ3) is 6.95. The first-order chi connectivity index (χ1) is 17.0. The molecular formula is C24H20F3N3O6. The molecular weight excluding hydrogens is 483 g/mol. The lowest BCUT2D eigenvalue weighted by Crippen LogP contribution is -2.40. The Bertz CT molecular complexity index is 1250. The number of amides is 2. The standard InChI is InChI=1S/C22H19N3O4.C2HF3O2/c1-14(26)24-16-8-6-15(7-9-16)17-12-23-11-10-18(17)25-22(27)21-13-28-19-4-2-3-5-20(19)29-21;3-2(4,5)1(6)7/h2-12,21H,13H2,1H3,(H,24,26)(H,23,25,27);(H,6,7). The molecule has 3 aromatic rings. The number of ether oxygens (including phenoxy) is 2. The van der Waals surface area contributed by atoms with Crippen molar-refractivity contribution in [1.29, 1.82) is 0 Å². The molecule has 0 spiro atoms. The molecule has 0 fully saturated rings. The fraction of sp³-hybridized carbons (Fsp3) is 0.167. The largest absolute Gasteiger partial charge is 0.490 e. The van der Waals surface area contributed by atoms with Gasteiger partial charge in [-0.2, -0.15) is 13.2 Å². The van der Waals surface area contributed by atoms with Gasteiger partial charge in [-0.05, 0) is 35.9 Å². The Labute approximate surface area is 202 Å². The van der Waals surface area contributed by atoms with Crippen molar-refractivity contribution in [1.82, 2.24) is 4.98 Å². The number of benzene rings is 2. The summed E-state index contributed by atoms with van der Waals surface area (Å²) in [6.07, 6.45) is -2.55. The maximum atomic E-state index is 12.8. The Morgan fingerprint density at radius 1 is 1.00 bits per heavy atom. The highest BCUT2D eigenvalue weighted by Gasteiger charge is 2.38. The fourth-order valence-electron chi connectivity index (χ4n) is 3.03. The normalized spacial score (nSPS) is 14.1. The average molecular weight is 503 g/mol. The molecule has 2 amide bonds. The minimum absolute atomic E-state index is 0.134. The van der Waals surface area contributed by atoms with Crippen LogP contribution < -0.4 is 20.1 Å². The molecule has 1 atom stereocenters. The first-order valence-corrected chi connectivity index (χ1v) is 10.4. The van der Waals surface area contributed by atoms with Gasteiger partial charge in [-0.3, -0.25) is 14.6 Å². The number of hydrogen-bond acceptors (Lipinski definition) is 6. The number of hydrogen-bond donors (Lipinski definition) is 3. The molecule has 1 aliphatic heterocycles. The van der Waals surface area contributed by atoms with Gasteiger partial charge in [-0.25, -0.2) is 4.79 Å². The monoisotopic (exact) mass is 503 g/mol. The number of para-hydroxylation sites is 2. The molecule has 188 valence electrons. The van der Waals surface area contributed by atoms with Crippen LogP contribution in [0.1, 0.15) is 6.92 Å². The highest BCUT2D eigenvalue weighted by Crippen LogP contribution is 2.32. The molecule has 1 aliphatic rings. The summed E-state index contributed by atoms with van der Waals surface area (Å²) >= 11 is 0. The third-order valence-corrected chi connectivity index (χ3v) is 4.64. The molecule has 0 radical (unpaired) electrons. The van der Waals surface area contributed by atoms with Crippen LogP contribution in [0.2, 0.25) is 0 Å². The number of pyridine rings is 1. The van der Waals surface area contributed by atoms with Gasteiger partial charge < -0.3 is 25.2 Å². The van der Waals surface area contributed by atoms with Crippen LogP contribution in [0.15, 0.2) is 67.0 Å².